The number of carbonyl (C=O) groups excluding carboxylic acids is 1. The molecule has 0 aromatic carbocycles. The van der Waals surface area contributed by atoms with Gasteiger partial charge >= 0.3 is 6.09 Å². The number of nitrogens with zero attached hydrogens (tertiary/aromatic N) is 6. The molecule has 1 fully saturated rings. The van der Waals surface area contributed by atoms with Crippen molar-refractivity contribution in [2.24, 2.45) is 7.05 Å². The van der Waals surface area contributed by atoms with Crippen molar-refractivity contribution in [2.45, 2.75) is 45.1 Å². The van der Waals surface area contributed by atoms with Gasteiger partial charge in [0.1, 0.15) is 16.6 Å². The molecule has 8 heteroatoms. The van der Waals surface area contributed by atoms with E-state index in [1.165, 1.54) is 0 Å². The highest BCUT2D eigenvalue weighted by Gasteiger charge is 2.28. The lowest BCUT2D eigenvalue weighted by molar-refractivity contribution is 0.0204. The van der Waals surface area contributed by atoms with Crippen molar-refractivity contribution >= 4 is 28.2 Å². The molecule has 8 nitrogen and oxygen atoms in total. The first-order valence-electron chi connectivity index (χ1n) is 11.3. The number of amides is 1. The number of likely N-dealkylation sites (tertiary alicyclic amines) is 1. The fourth-order valence-corrected chi connectivity index (χ4v) is 4.25. The molecule has 4 aromatic heterocycles. The maximum absolute atomic E-state index is 12.3. The normalized spacial score (nSPS) is 15.3. The van der Waals surface area contributed by atoms with Gasteiger partial charge in [0, 0.05) is 31.7 Å². The molecule has 0 atom stereocenters. The molecule has 1 aliphatic heterocycles. The van der Waals surface area contributed by atoms with Crippen LogP contribution in [0.5, 0.6) is 0 Å². The summed E-state index contributed by atoms with van der Waals surface area (Å²) in [6, 6.07) is 12.0. The van der Waals surface area contributed by atoms with Crippen LogP contribution in [0.25, 0.3) is 33.5 Å². The van der Waals surface area contributed by atoms with Crippen LogP contribution in [0.4, 0.5) is 4.79 Å². The van der Waals surface area contributed by atoms with Crippen LogP contribution in [0, 0.1) is 0 Å². The summed E-state index contributed by atoms with van der Waals surface area (Å²) in [6.45, 7) is 7.04. The molecule has 170 valence electrons. The lowest BCUT2D eigenvalue weighted by atomic mass is 9.93. The molecule has 1 aliphatic rings. The van der Waals surface area contributed by atoms with E-state index in [-0.39, 0.29) is 6.09 Å². The van der Waals surface area contributed by atoms with Crippen molar-refractivity contribution in [3.63, 3.8) is 0 Å². The Balaban J connectivity index is 1.32. The van der Waals surface area contributed by atoms with Crippen molar-refractivity contribution in [2.75, 3.05) is 13.1 Å². The summed E-state index contributed by atoms with van der Waals surface area (Å²) in [5, 5.41) is 4.38. The molecule has 0 radical (unpaired) electrons. The number of aryl methyl sites for hydroxylation is 1. The molecule has 1 saturated heterocycles. The Morgan fingerprint density at radius 1 is 0.879 bits per heavy atom. The molecule has 33 heavy (non-hydrogen) atoms. The molecule has 0 bridgehead atoms. The summed E-state index contributed by atoms with van der Waals surface area (Å²) in [4.78, 5) is 28.5. The highest BCUT2D eigenvalue weighted by molar-refractivity contribution is 5.80. The zero-order valence-electron chi connectivity index (χ0n) is 19.4. The van der Waals surface area contributed by atoms with E-state index < -0.39 is 5.60 Å². The Morgan fingerprint density at radius 2 is 1.48 bits per heavy atom. The van der Waals surface area contributed by atoms with E-state index in [0.29, 0.717) is 19.0 Å². The Morgan fingerprint density at radius 3 is 2.18 bits per heavy atom. The summed E-state index contributed by atoms with van der Waals surface area (Å²) < 4.78 is 7.26. The maximum atomic E-state index is 12.3. The predicted molar refractivity (Wildman–Crippen MR) is 127 cm³/mol. The second kappa shape index (κ2) is 8.10. The van der Waals surface area contributed by atoms with Gasteiger partial charge in [0.05, 0.1) is 28.6 Å². The summed E-state index contributed by atoms with van der Waals surface area (Å²) >= 11 is 0. The summed E-state index contributed by atoms with van der Waals surface area (Å²) in [6.07, 6.45) is 3.42. The second-order valence-corrected chi connectivity index (χ2v) is 9.62. The minimum absolute atomic E-state index is 0.234. The number of aromatic nitrogens is 5. The third-order valence-electron chi connectivity index (χ3n) is 5.87. The Bertz CT molecular complexity index is 1330. The van der Waals surface area contributed by atoms with Gasteiger partial charge in [-0.05, 0) is 70.0 Å². The fourth-order valence-electron chi connectivity index (χ4n) is 4.25. The van der Waals surface area contributed by atoms with Crippen LogP contribution in [0.15, 0.2) is 42.6 Å². The van der Waals surface area contributed by atoms with Gasteiger partial charge in [0.2, 0.25) is 0 Å². The van der Waals surface area contributed by atoms with E-state index in [0.717, 1.165) is 52.0 Å². The van der Waals surface area contributed by atoms with Crippen molar-refractivity contribution in [1.82, 2.24) is 29.6 Å². The first-order valence-corrected chi connectivity index (χ1v) is 11.3. The fraction of sp³-hybridized carbons (Fsp3) is 0.400. The third kappa shape index (κ3) is 4.51. The highest BCUT2D eigenvalue weighted by Crippen LogP contribution is 2.29. The SMILES string of the molecule is Cn1cc2nc(-c3ccc4nc(C5CCN(C(=O)OC(C)(C)C)CC5)ccc4n3)ccc2n1. The van der Waals surface area contributed by atoms with Crippen LogP contribution in [-0.2, 0) is 11.8 Å². The molecular formula is C25H28N6O2. The number of hydrogen-bond acceptors (Lipinski definition) is 6. The number of hydrogen-bond donors (Lipinski definition) is 0. The van der Waals surface area contributed by atoms with E-state index in [4.69, 9.17) is 19.7 Å². The number of ether oxygens (including phenoxy) is 1. The van der Waals surface area contributed by atoms with Gasteiger partial charge in [-0.1, -0.05) is 0 Å². The molecule has 4 aromatic rings. The molecule has 5 heterocycles. The van der Waals surface area contributed by atoms with Crippen molar-refractivity contribution in [3.8, 4) is 11.4 Å². The van der Waals surface area contributed by atoms with Crippen molar-refractivity contribution < 1.29 is 9.53 Å². The minimum Gasteiger partial charge on any atom is -0.444 e. The molecule has 0 aliphatic carbocycles. The highest BCUT2D eigenvalue weighted by atomic mass is 16.6. The number of piperidine rings is 1. The van der Waals surface area contributed by atoms with Gasteiger partial charge in [-0.3, -0.25) is 9.67 Å². The second-order valence-electron chi connectivity index (χ2n) is 9.62. The van der Waals surface area contributed by atoms with E-state index >= 15 is 0 Å². The van der Waals surface area contributed by atoms with Gasteiger partial charge in [0.25, 0.3) is 0 Å². The minimum atomic E-state index is -0.473. The monoisotopic (exact) mass is 444 g/mol. The lowest BCUT2D eigenvalue weighted by Crippen LogP contribution is -2.41. The van der Waals surface area contributed by atoms with E-state index in [1.807, 2.05) is 64.3 Å². The first-order chi connectivity index (χ1) is 15.7. The molecule has 5 rings (SSSR count). The molecular weight excluding hydrogens is 416 g/mol. The van der Waals surface area contributed by atoms with Crippen LogP contribution in [0.2, 0.25) is 0 Å². The Labute approximate surface area is 192 Å². The van der Waals surface area contributed by atoms with E-state index in [2.05, 4.69) is 11.2 Å². The number of fused-ring (bicyclic) bond motifs is 2. The average Bonchev–Trinajstić information content (AvgIpc) is 3.16. The van der Waals surface area contributed by atoms with Crippen molar-refractivity contribution in [3.05, 3.63) is 48.3 Å². The van der Waals surface area contributed by atoms with Gasteiger partial charge < -0.3 is 9.64 Å². The maximum Gasteiger partial charge on any atom is 0.410 e. The number of rotatable bonds is 2. The lowest BCUT2D eigenvalue weighted by Gasteiger charge is -2.33. The molecule has 0 unspecified atom stereocenters. The van der Waals surface area contributed by atoms with Gasteiger partial charge in [0.15, 0.2) is 0 Å². The summed E-state index contributed by atoms with van der Waals surface area (Å²) in [7, 11) is 1.89. The molecule has 0 spiro atoms. The molecule has 0 saturated carbocycles. The number of pyridine rings is 3. The molecule has 1 amide bonds. The van der Waals surface area contributed by atoms with Crippen LogP contribution >= 0.6 is 0 Å². The first kappa shape index (κ1) is 21.3. The standard InChI is InChI=1S/C25H28N6O2/c1-25(2,3)33-24(32)31-13-11-16(12-14-31)17-5-6-19-18(26-17)7-8-20(27-19)21-9-10-22-23(28-21)15-30(4)29-22/h5-10,15-16H,11-14H2,1-4H3. The molecule has 0 N–H and O–H groups in total. The summed E-state index contributed by atoms with van der Waals surface area (Å²) in [5.41, 5.74) is 5.64. The topological polar surface area (TPSA) is 86.0 Å². The zero-order chi connectivity index (χ0) is 23.2. The predicted octanol–water partition coefficient (Wildman–Crippen LogP) is 4.69. The Hall–Kier alpha value is -3.55. The quantitative estimate of drug-likeness (QED) is 0.446. The van der Waals surface area contributed by atoms with Gasteiger partial charge in [-0.2, -0.15) is 5.10 Å². The van der Waals surface area contributed by atoms with E-state index in [1.54, 1.807) is 9.58 Å². The average molecular weight is 445 g/mol. The van der Waals surface area contributed by atoms with Crippen LogP contribution in [-0.4, -0.2) is 54.4 Å². The summed E-state index contributed by atoms with van der Waals surface area (Å²) in [5.74, 6) is 0.322. The smallest absolute Gasteiger partial charge is 0.410 e. The van der Waals surface area contributed by atoms with Crippen LogP contribution in [0.1, 0.15) is 45.2 Å². The van der Waals surface area contributed by atoms with Gasteiger partial charge in [-0.25, -0.2) is 14.8 Å². The number of carbonyl (C=O) groups is 1. The van der Waals surface area contributed by atoms with Crippen molar-refractivity contribution in [1.29, 1.82) is 0 Å². The van der Waals surface area contributed by atoms with Crippen LogP contribution < -0.4 is 0 Å². The van der Waals surface area contributed by atoms with Gasteiger partial charge in [-0.15, -0.1) is 0 Å². The Kier molecular flexibility index (Phi) is 5.23. The van der Waals surface area contributed by atoms with E-state index in [9.17, 15) is 4.79 Å². The largest absolute Gasteiger partial charge is 0.444 e. The zero-order valence-corrected chi connectivity index (χ0v) is 19.4. The van der Waals surface area contributed by atoms with Crippen LogP contribution in [0.3, 0.4) is 0 Å². The third-order valence-corrected chi connectivity index (χ3v) is 5.87.